The fourth-order valence-corrected chi connectivity index (χ4v) is 2.82. The van der Waals surface area contributed by atoms with E-state index in [1.807, 2.05) is 18.2 Å². The van der Waals surface area contributed by atoms with E-state index in [9.17, 15) is 4.79 Å². The number of nitrogen functional groups attached to an aromatic ring is 1. The number of alkyl halides is 1. The lowest BCUT2D eigenvalue weighted by molar-refractivity contribution is -0.116. The average molecular weight is 273 g/mol. The number of hydrogen-bond donors (Lipinski definition) is 1. The van der Waals surface area contributed by atoms with E-state index in [1.165, 1.54) is 0 Å². The largest absolute Gasteiger partial charge is 0.399 e. The Morgan fingerprint density at radius 1 is 1.57 bits per heavy atom. The molecule has 1 aromatic carbocycles. The number of halogens is 1. The Hall–Kier alpha value is -0.680. The second-order valence-electron chi connectivity index (χ2n) is 2.96. The third-order valence-corrected chi connectivity index (χ3v) is 3.59. The lowest BCUT2D eigenvalue weighted by Crippen LogP contribution is -2.34. The Labute approximate surface area is 94.8 Å². The molecule has 1 aliphatic rings. The molecule has 0 saturated heterocycles. The Morgan fingerprint density at radius 2 is 2.36 bits per heavy atom. The monoisotopic (exact) mass is 272 g/mol. The summed E-state index contributed by atoms with van der Waals surface area (Å²) < 4.78 is 0. The van der Waals surface area contributed by atoms with Crippen molar-refractivity contribution in [2.75, 3.05) is 21.8 Å². The first-order chi connectivity index (χ1) is 6.72. The van der Waals surface area contributed by atoms with Crippen LogP contribution >= 0.6 is 27.7 Å². The van der Waals surface area contributed by atoms with Gasteiger partial charge in [0, 0.05) is 10.6 Å². The van der Waals surface area contributed by atoms with Gasteiger partial charge in [-0.3, -0.25) is 4.79 Å². The molecule has 0 radical (unpaired) electrons. The maximum atomic E-state index is 11.5. The molecule has 0 spiro atoms. The van der Waals surface area contributed by atoms with E-state index in [4.69, 9.17) is 5.73 Å². The molecule has 0 bridgehead atoms. The number of hydrogen-bond acceptors (Lipinski definition) is 3. The van der Waals surface area contributed by atoms with Crippen LogP contribution in [0.3, 0.4) is 0 Å². The van der Waals surface area contributed by atoms with Gasteiger partial charge in [-0.15, -0.1) is 11.8 Å². The zero-order valence-corrected chi connectivity index (χ0v) is 9.77. The summed E-state index contributed by atoms with van der Waals surface area (Å²) in [5.74, 6) is 0.618. The topological polar surface area (TPSA) is 46.3 Å². The summed E-state index contributed by atoms with van der Waals surface area (Å²) in [6.45, 7) is 0. The Balaban J connectivity index is 2.49. The van der Waals surface area contributed by atoms with Crippen molar-refractivity contribution in [3.63, 3.8) is 0 Å². The van der Waals surface area contributed by atoms with Crippen LogP contribution in [0.15, 0.2) is 23.1 Å². The molecule has 1 heterocycles. The third kappa shape index (κ3) is 1.62. The van der Waals surface area contributed by atoms with Crippen molar-refractivity contribution in [1.29, 1.82) is 0 Å². The highest BCUT2D eigenvalue weighted by atomic mass is 79.9. The highest BCUT2D eigenvalue weighted by Crippen LogP contribution is 2.36. The van der Waals surface area contributed by atoms with Crippen LogP contribution in [-0.2, 0) is 4.79 Å². The van der Waals surface area contributed by atoms with E-state index in [0.717, 1.165) is 10.6 Å². The van der Waals surface area contributed by atoms with E-state index in [-0.39, 0.29) is 5.91 Å². The molecule has 3 nitrogen and oxygen atoms in total. The minimum Gasteiger partial charge on any atom is -0.399 e. The van der Waals surface area contributed by atoms with Gasteiger partial charge in [-0.05, 0) is 18.2 Å². The van der Waals surface area contributed by atoms with E-state index < -0.39 is 0 Å². The summed E-state index contributed by atoms with van der Waals surface area (Å²) in [5.41, 5.74) is 7.79. The van der Waals surface area contributed by atoms with Crippen LogP contribution in [0.4, 0.5) is 11.4 Å². The number of carbonyl (C=O) groups is 1. The number of carbonyl (C=O) groups excluding carboxylic acids is 1. The number of thioether (sulfide) groups is 1. The molecule has 5 heteroatoms. The van der Waals surface area contributed by atoms with Gasteiger partial charge >= 0.3 is 0 Å². The van der Waals surface area contributed by atoms with Crippen molar-refractivity contribution in [2.24, 2.45) is 0 Å². The number of benzene rings is 1. The van der Waals surface area contributed by atoms with Crippen molar-refractivity contribution in [2.45, 2.75) is 4.90 Å². The molecule has 2 N–H and O–H groups in total. The quantitative estimate of drug-likeness (QED) is 0.484. The smallest absolute Gasteiger partial charge is 0.238 e. The van der Waals surface area contributed by atoms with Gasteiger partial charge in [-0.25, -0.2) is 0 Å². The molecule has 0 fully saturated rings. The van der Waals surface area contributed by atoms with Crippen LogP contribution in [0, 0.1) is 0 Å². The standard InChI is InChI=1S/C9H9BrN2OS/c10-5-12-7-3-6(11)1-2-8(7)14-4-9(12)13/h1-3H,4-5,11H2. The number of amides is 1. The summed E-state index contributed by atoms with van der Waals surface area (Å²) in [4.78, 5) is 14.3. The second-order valence-corrected chi connectivity index (χ2v) is 4.48. The minimum atomic E-state index is 0.116. The molecule has 2 rings (SSSR count). The Bertz CT molecular complexity index is 383. The van der Waals surface area contributed by atoms with Crippen molar-refractivity contribution in [1.82, 2.24) is 0 Å². The number of fused-ring (bicyclic) bond motifs is 1. The molecule has 1 aliphatic heterocycles. The van der Waals surface area contributed by atoms with E-state index >= 15 is 0 Å². The van der Waals surface area contributed by atoms with Crippen LogP contribution in [0.5, 0.6) is 0 Å². The molecule has 0 unspecified atom stereocenters. The maximum absolute atomic E-state index is 11.5. The van der Waals surface area contributed by atoms with Gasteiger partial charge in [0.1, 0.15) is 0 Å². The van der Waals surface area contributed by atoms with E-state index in [0.29, 0.717) is 16.9 Å². The van der Waals surface area contributed by atoms with E-state index in [1.54, 1.807) is 16.7 Å². The van der Waals surface area contributed by atoms with Crippen molar-refractivity contribution in [3.8, 4) is 0 Å². The molecule has 1 amide bonds. The minimum absolute atomic E-state index is 0.116. The van der Waals surface area contributed by atoms with Crippen molar-refractivity contribution in [3.05, 3.63) is 18.2 Å². The third-order valence-electron chi connectivity index (χ3n) is 2.05. The van der Waals surface area contributed by atoms with Gasteiger partial charge in [0.2, 0.25) is 5.91 Å². The van der Waals surface area contributed by atoms with E-state index in [2.05, 4.69) is 15.9 Å². The zero-order chi connectivity index (χ0) is 10.1. The van der Waals surface area contributed by atoms with Gasteiger partial charge in [0.15, 0.2) is 0 Å². The number of rotatable bonds is 1. The predicted octanol–water partition coefficient (Wildman–Crippen LogP) is 2.06. The summed E-state index contributed by atoms with van der Waals surface area (Å²) in [5, 5.41) is 0. The second kappa shape index (κ2) is 3.82. The lowest BCUT2D eigenvalue weighted by atomic mass is 10.2. The van der Waals surface area contributed by atoms with Crippen LogP contribution in [-0.4, -0.2) is 17.1 Å². The Morgan fingerprint density at radius 3 is 3.07 bits per heavy atom. The molecule has 0 saturated carbocycles. The lowest BCUT2D eigenvalue weighted by Gasteiger charge is -2.27. The predicted molar refractivity (Wildman–Crippen MR) is 62.9 cm³/mol. The van der Waals surface area contributed by atoms with Gasteiger partial charge in [0.25, 0.3) is 0 Å². The first kappa shape index (κ1) is 9.86. The summed E-state index contributed by atoms with van der Waals surface area (Å²) in [7, 11) is 0. The van der Waals surface area contributed by atoms with Gasteiger partial charge < -0.3 is 10.6 Å². The number of nitrogens with zero attached hydrogens (tertiary/aromatic N) is 1. The first-order valence-corrected chi connectivity index (χ1v) is 6.21. The van der Waals surface area contributed by atoms with Crippen LogP contribution < -0.4 is 10.6 Å². The van der Waals surface area contributed by atoms with Gasteiger partial charge in [0.05, 0.1) is 16.9 Å². The van der Waals surface area contributed by atoms with Crippen molar-refractivity contribution < 1.29 is 4.79 Å². The molecular weight excluding hydrogens is 264 g/mol. The molecular formula is C9H9BrN2OS. The molecule has 0 aromatic heterocycles. The summed E-state index contributed by atoms with van der Waals surface area (Å²) in [6, 6.07) is 5.64. The van der Waals surface area contributed by atoms with Gasteiger partial charge in [-0.1, -0.05) is 15.9 Å². The SMILES string of the molecule is Nc1ccc2c(c1)N(CBr)C(=O)CS2. The first-order valence-electron chi connectivity index (χ1n) is 4.11. The number of nitrogens with two attached hydrogens (primary N) is 1. The summed E-state index contributed by atoms with van der Waals surface area (Å²) >= 11 is 4.86. The average Bonchev–Trinajstić information content (AvgIpc) is 2.17. The number of anilines is 2. The van der Waals surface area contributed by atoms with Crippen LogP contribution in [0.2, 0.25) is 0 Å². The fraction of sp³-hybridized carbons (Fsp3) is 0.222. The van der Waals surface area contributed by atoms with Crippen LogP contribution in [0.1, 0.15) is 0 Å². The molecule has 0 aliphatic carbocycles. The molecule has 1 aromatic rings. The van der Waals surface area contributed by atoms with Crippen molar-refractivity contribution >= 4 is 45.0 Å². The molecule has 0 atom stereocenters. The normalized spacial score (nSPS) is 15.5. The highest BCUT2D eigenvalue weighted by molar-refractivity contribution is 9.09. The molecule has 14 heavy (non-hydrogen) atoms. The van der Waals surface area contributed by atoms with Crippen LogP contribution in [0.25, 0.3) is 0 Å². The molecule has 74 valence electrons. The van der Waals surface area contributed by atoms with Gasteiger partial charge in [-0.2, -0.15) is 0 Å². The fourth-order valence-electron chi connectivity index (χ4n) is 1.35. The zero-order valence-electron chi connectivity index (χ0n) is 7.37. The highest BCUT2D eigenvalue weighted by Gasteiger charge is 2.23. The summed E-state index contributed by atoms with van der Waals surface area (Å²) in [6.07, 6.45) is 0. The maximum Gasteiger partial charge on any atom is 0.238 e. The Kier molecular flexibility index (Phi) is 2.69.